The second-order valence-electron chi connectivity index (χ2n) is 1.71. The number of rotatable bonds is 2. The van der Waals surface area contributed by atoms with Crippen LogP contribution in [0, 0.1) is 0 Å². The van der Waals surface area contributed by atoms with Crippen LogP contribution in [0.4, 0.5) is 0 Å². The maximum Gasteiger partial charge on any atom is 0.352 e. The Kier molecular flexibility index (Phi) is 4.28. The number of carbonyl (C=O) groups is 2. The van der Waals surface area contributed by atoms with E-state index in [1.807, 2.05) is 0 Å². The Morgan fingerprint density at radius 1 is 1.25 bits per heavy atom. The molecular formula is C6H10N4O2. The van der Waals surface area contributed by atoms with Crippen LogP contribution in [-0.2, 0) is 9.59 Å². The van der Waals surface area contributed by atoms with E-state index in [0.717, 1.165) is 0 Å². The first kappa shape index (κ1) is 10.3. The maximum absolute atomic E-state index is 10.8. The molecule has 6 heteroatoms. The van der Waals surface area contributed by atoms with Crippen molar-refractivity contribution in [2.45, 2.75) is 13.8 Å². The van der Waals surface area contributed by atoms with Crippen LogP contribution in [0.15, 0.2) is 10.2 Å². The SMILES string of the molecule is CC=NN(N=CC)C(=O)C(N)=O. The lowest BCUT2D eigenvalue weighted by Gasteiger charge is -2.05. The van der Waals surface area contributed by atoms with Crippen molar-refractivity contribution in [2.24, 2.45) is 15.9 Å². The van der Waals surface area contributed by atoms with E-state index in [9.17, 15) is 9.59 Å². The van der Waals surface area contributed by atoms with Gasteiger partial charge in [-0.05, 0) is 13.8 Å². The van der Waals surface area contributed by atoms with Crippen LogP contribution >= 0.6 is 0 Å². The number of hydrogen-bond acceptors (Lipinski definition) is 4. The summed E-state index contributed by atoms with van der Waals surface area (Å²) >= 11 is 0. The molecule has 0 aromatic rings. The zero-order valence-electron chi connectivity index (χ0n) is 6.89. The van der Waals surface area contributed by atoms with E-state index in [2.05, 4.69) is 10.2 Å². The lowest BCUT2D eigenvalue weighted by Crippen LogP contribution is -2.34. The van der Waals surface area contributed by atoms with Gasteiger partial charge in [0.1, 0.15) is 0 Å². The van der Waals surface area contributed by atoms with Crippen molar-refractivity contribution in [3.63, 3.8) is 0 Å². The van der Waals surface area contributed by atoms with Gasteiger partial charge in [0.15, 0.2) is 0 Å². The smallest absolute Gasteiger partial charge is 0.352 e. The first-order valence-electron chi connectivity index (χ1n) is 3.24. The highest BCUT2D eigenvalue weighted by atomic mass is 16.2. The van der Waals surface area contributed by atoms with Crippen molar-refractivity contribution >= 4 is 24.2 Å². The molecule has 2 amide bonds. The van der Waals surface area contributed by atoms with E-state index in [1.54, 1.807) is 13.8 Å². The number of amides is 2. The number of nitrogens with zero attached hydrogens (tertiary/aromatic N) is 3. The normalized spacial score (nSPS) is 10.8. The average molecular weight is 170 g/mol. The van der Waals surface area contributed by atoms with Crippen molar-refractivity contribution in [1.29, 1.82) is 0 Å². The van der Waals surface area contributed by atoms with Gasteiger partial charge in [-0.15, -0.1) is 5.12 Å². The quantitative estimate of drug-likeness (QED) is 0.338. The first-order valence-corrected chi connectivity index (χ1v) is 3.24. The molecule has 66 valence electrons. The molecule has 0 heterocycles. The van der Waals surface area contributed by atoms with E-state index >= 15 is 0 Å². The number of hydrogen-bond donors (Lipinski definition) is 1. The van der Waals surface area contributed by atoms with Gasteiger partial charge in [0.2, 0.25) is 0 Å². The number of hydrazone groups is 2. The fourth-order valence-electron chi connectivity index (χ4n) is 0.452. The zero-order chi connectivity index (χ0) is 9.56. The van der Waals surface area contributed by atoms with E-state index in [-0.39, 0.29) is 0 Å². The van der Waals surface area contributed by atoms with Gasteiger partial charge in [0.05, 0.1) is 0 Å². The minimum atomic E-state index is -1.09. The van der Waals surface area contributed by atoms with Gasteiger partial charge in [-0.25, -0.2) is 0 Å². The van der Waals surface area contributed by atoms with E-state index < -0.39 is 11.8 Å². The van der Waals surface area contributed by atoms with Crippen LogP contribution in [0.25, 0.3) is 0 Å². The topological polar surface area (TPSA) is 88.1 Å². The summed E-state index contributed by atoms with van der Waals surface area (Å²) in [5, 5.41) is 7.62. The Balaban J connectivity index is 4.51. The molecule has 0 bridgehead atoms. The molecule has 0 spiro atoms. The van der Waals surface area contributed by atoms with Crippen molar-refractivity contribution < 1.29 is 9.59 Å². The van der Waals surface area contributed by atoms with Crippen LogP contribution in [0.1, 0.15) is 13.8 Å². The standard InChI is InChI=1S/C6H10N4O2/c1-3-8-10(9-4-2)6(12)5(7)11/h3-4H,1-2H3,(H2,7,11). The summed E-state index contributed by atoms with van der Waals surface area (Å²) in [5.41, 5.74) is 4.72. The minimum Gasteiger partial charge on any atom is -0.361 e. The van der Waals surface area contributed by atoms with Gasteiger partial charge in [-0.2, -0.15) is 10.2 Å². The Labute approximate surface area is 69.7 Å². The molecule has 0 saturated carbocycles. The van der Waals surface area contributed by atoms with Crippen LogP contribution in [0.2, 0.25) is 0 Å². The predicted octanol–water partition coefficient (Wildman–Crippen LogP) is -0.688. The molecule has 12 heavy (non-hydrogen) atoms. The average Bonchev–Trinajstić information content (AvgIpc) is 2.03. The third-order valence-corrected chi connectivity index (χ3v) is 0.842. The van der Waals surface area contributed by atoms with Crippen molar-refractivity contribution in [1.82, 2.24) is 5.12 Å². The fourth-order valence-corrected chi connectivity index (χ4v) is 0.452. The second kappa shape index (κ2) is 5.00. The summed E-state index contributed by atoms with van der Waals surface area (Å²) in [6.07, 6.45) is 2.65. The number of nitrogens with two attached hydrogens (primary N) is 1. The number of carbonyl (C=O) groups excluding carboxylic acids is 2. The molecule has 0 radical (unpaired) electrons. The summed E-state index contributed by atoms with van der Waals surface area (Å²) in [6, 6.07) is 0. The molecule has 2 N–H and O–H groups in total. The Bertz CT molecular complexity index is 222. The summed E-state index contributed by atoms with van der Waals surface area (Å²) in [7, 11) is 0. The molecule has 0 aliphatic heterocycles. The third-order valence-electron chi connectivity index (χ3n) is 0.842. The molecule has 0 fully saturated rings. The van der Waals surface area contributed by atoms with Crippen LogP contribution < -0.4 is 5.73 Å². The predicted molar refractivity (Wildman–Crippen MR) is 44.4 cm³/mol. The molecule has 6 nitrogen and oxygen atoms in total. The molecule has 0 aromatic carbocycles. The van der Waals surface area contributed by atoms with Gasteiger partial charge in [-0.3, -0.25) is 9.59 Å². The monoisotopic (exact) mass is 170 g/mol. The fraction of sp³-hybridized carbons (Fsp3) is 0.333. The summed E-state index contributed by atoms with van der Waals surface area (Å²) in [4.78, 5) is 21.2. The lowest BCUT2D eigenvalue weighted by atomic mass is 10.6. The van der Waals surface area contributed by atoms with E-state index in [0.29, 0.717) is 5.12 Å². The largest absolute Gasteiger partial charge is 0.361 e. The zero-order valence-corrected chi connectivity index (χ0v) is 6.89. The van der Waals surface area contributed by atoms with Crippen LogP contribution in [0.5, 0.6) is 0 Å². The van der Waals surface area contributed by atoms with Crippen LogP contribution in [-0.4, -0.2) is 29.4 Å². The third kappa shape index (κ3) is 2.91. The van der Waals surface area contributed by atoms with Crippen molar-refractivity contribution in [2.75, 3.05) is 0 Å². The molecule has 0 unspecified atom stereocenters. The maximum atomic E-state index is 10.8. The van der Waals surface area contributed by atoms with Gasteiger partial charge >= 0.3 is 11.8 Å². The summed E-state index contributed by atoms with van der Waals surface area (Å²) in [6.45, 7) is 3.18. The highest BCUT2D eigenvalue weighted by Crippen LogP contribution is 1.90. The highest BCUT2D eigenvalue weighted by Gasteiger charge is 2.16. The van der Waals surface area contributed by atoms with Crippen molar-refractivity contribution in [3.8, 4) is 0 Å². The Hall–Kier alpha value is -1.72. The molecule has 0 aliphatic rings. The van der Waals surface area contributed by atoms with Gasteiger partial charge < -0.3 is 5.73 Å². The molecule has 0 atom stereocenters. The first-order chi connectivity index (χ1) is 5.63. The minimum absolute atomic E-state index is 0.627. The van der Waals surface area contributed by atoms with Gasteiger partial charge in [0, 0.05) is 12.4 Å². The van der Waals surface area contributed by atoms with Gasteiger partial charge in [0.25, 0.3) is 0 Å². The molecule has 0 rings (SSSR count). The van der Waals surface area contributed by atoms with E-state index in [1.165, 1.54) is 12.4 Å². The van der Waals surface area contributed by atoms with Crippen LogP contribution in [0.3, 0.4) is 0 Å². The molecule has 0 aromatic heterocycles. The highest BCUT2D eigenvalue weighted by molar-refractivity contribution is 6.34. The second-order valence-corrected chi connectivity index (χ2v) is 1.71. The lowest BCUT2D eigenvalue weighted by molar-refractivity contribution is -0.144. The van der Waals surface area contributed by atoms with Gasteiger partial charge in [-0.1, -0.05) is 0 Å². The summed E-state index contributed by atoms with van der Waals surface area (Å²) < 4.78 is 0. The van der Waals surface area contributed by atoms with Crippen molar-refractivity contribution in [3.05, 3.63) is 0 Å². The number of primary amides is 1. The molecule has 0 saturated heterocycles. The Morgan fingerprint density at radius 3 is 1.92 bits per heavy atom. The van der Waals surface area contributed by atoms with E-state index in [4.69, 9.17) is 5.73 Å². The molecule has 0 aliphatic carbocycles. The molecular weight excluding hydrogens is 160 g/mol. The Morgan fingerprint density at radius 2 is 1.67 bits per heavy atom. The summed E-state index contributed by atoms with van der Waals surface area (Å²) in [5.74, 6) is -2.06.